The highest BCUT2D eigenvalue weighted by molar-refractivity contribution is 7.92. The van der Waals surface area contributed by atoms with Crippen LogP contribution in [0.25, 0.3) is 21.9 Å². The first-order chi connectivity index (χ1) is 13.3. The average molecular weight is 391 g/mol. The van der Waals surface area contributed by atoms with Gasteiger partial charge in [0.2, 0.25) is 10.0 Å². The van der Waals surface area contributed by atoms with Crippen LogP contribution in [0, 0.1) is 18.8 Å². The number of sulfonamides is 1. The minimum absolute atomic E-state index is 0.168. The highest BCUT2D eigenvalue weighted by Gasteiger charge is 2.30. The smallest absolute Gasteiger partial charge is 0.232 e. The predicted octanol–water partition coefficient (Wildman–Crippen LogP) is 4.21. The Morgan fingerprint density at radius 3 is 2.61 bits per heavy atom. The van der Waals surface area contributed by atoms with E-state index < -0.39 is 10.0 Å². The van der Waals surface area contributed by atoms with Crippen LogP contribution in [0.2, 0.25) is 0 Å². The van der Waals surface area contributed by atoms with Crippen LogP contribution in [0.15, 0.2) is 42.5 Å². The molecular weight excluding hydrogens is 370 g/mol. The lowest BCUT2D eigenvalue weighted by atomic mass is 9.89. The Hall–Kier alpha value is -2.97. The minimum atomic E-state index is -3.39. The van der Waals surface area contributed by atoms with Crippen molar-refractivity contribution in [3.05, 3.63) is 59.2 Å². The summed E-state index contributed by atoms with van der Waals surface area (Å²) in [5, 5.41) is 12.6. The molecule has 0 aliphatic carbocycles. The third kappa shape index (κ3) is 2.81. The summed E-state index contributed by atoms with van der Waals surface area (Å²) < 4.78 is 26.1. The van der Waals surface area contributed by atoms with Gasteiger partial charge in [-0.05, 0) is 59.9 Å². The molecule has 0 amide bonds. The lowest BCUT2D eigenvalue weighted by Gasteiger charge is -2.20. The predicted molar refractivity (Wildman–Crippen MR) is 114 cm³/mol. The first-order valence-electron chi connectivity index (χ1n) is 9.11. The molecule has 0 fully saturated rings. The number of rotatable bonds is 2. The summed E-state index contributed by atoms with van der Waals surface area (Å²) in [4.78, 5) is 0. The molecule has 3 aromatic carbocycles. The molecule has 1 aliphatic heterocycles. The number of anilines is 1. The van der Waals surface area contributed by atoms with E-state index in [9.17, 15) is 13.5 Å². The van der Waals surface area contributed by atoms with E-state index in [0.717, 1.165) is 33.0 Å². The zero-order valence-electron chi connectivity index (χ0n) is 16.1. The molecule has 3 aromatic rings. The van der Waals surface area contributed by atoms with Crippen molar-refractivity contribution in [3.63, 3.8) is 0 Å². The summed E-state index contributed by atoms with van der Waals surface area (Å²) >= 11 is 0. The van der Waals surface area contributed by atoms with Crippen LogP contribution in [-0.4, -0.2) is 26.3 Å². The molecular formula is C23H21NO3S. The topological polar surface area (TPSA) is 57.6 Å². The third-order valence-electron chi connectivity index (χ3n) is 5.33. The fourth-order valence-corrected chi connectivity index (χ4v) is 5.02. The summed E-state index contributed by atoms with van der Waals surface area (Å²) in [6.07, 6.45) is 1.86. The van der Waals surface area contributed by atoms with Gasteiger partial charge in [0.15, 0.2) is 0 Å². The number of benzene rings is 3. The second-order valence-corrected chi connectivity index (χ2v) is 8.97. The summed E-state index contributed by atoms with van der Waals surface area (Å²) in [6, 6.07) is 13.3. The summed E-state index contributed by atoms with van der Waals surface area (Å²) in [6.45, 7) is 4.17. The van der Waals surface area contributed by atoms with Crippen molar-refractivity contribution >= 4 is 26.5 Å². The molecule has 142 valence electrons. The van der Waals surface area contributed by atoms with Crippen LogP contribution in [0.4, 0.5) is 5.69 Å². The number of fused-ring (bicyclic) bond motifs is 2. The Morgan fingerprint density at radius 1 is 1.14 bits per heavy atom. The molecule has 1 aliphatic rings. The van der Waals surface area contributed by atoms with E-state index in [1.807, 2.05) is 43.3 Å². The van der Waals surface area contributed by atoms with Gasteiger partial charge in [-0.3, -0.25) is 4.31 Å². The van der Waals surface area contributed by atoms with Gasteiger partial charge in [-0.15, -0.1) is 5.92 Å². The Bertz CT molecular complexity index is 1280. The van der Waals surface area contributed by atoms with Crippen LogP contribution in [0.3, 0.4) is 0 Å². The van der Waals surface area contributed by atoms with E-state index in [1.165, 1.54) is 10.6 Å². The molecule has 28 heavy (non-hydrogen) atoms. The maximum Gasteiger partial charge on any atom is 0.232 e. The van der Waals surface area contributed by atoms with Gasteiger partial charge in [-0.25, -0.2) is 8.42 Å². The first kappa shape index (κ1) is 18.4. The SMILES string of the molecule is CC#Cc1c(C)c(-c2c(O)ccc3ccccc23)cc2c1CCN2S(C)(=O)=O. The molecule has 0 unspecified atom stereocenters. The molecule has 1 heterocycles. The number of aromatic hydroxyl groups is 1. The Morgan fingerprint density at radius 2 is 1.89 bits per heavy atom. The van der Waals surface area contributed by atoms with E-state index in [1.54, 1.807) is 13.0 Å². The van der Waals surface area contributed by atoms with E-state index in [-0.39, 0.29) is 5.75 Å². The summed E-state index contributed by atoms with van der Waals surface area (Å²) in [5.41, 5.74) is 4.94. The van der Waals surface area contributed by atoms with Crippen molar-refractivity contribution in [1.29, 1.82) is 0 Å². The lowest BCUT2D eigenvalue weighted by Crippen LogP contribution is -2.27. The van der Waals surface area contributed by atoms with Crippen LogP contribution in [0.5, 0.6) is 5.75 Å². The van der Waals surface area contributed by atoms with Gasteiger partial charge >= 0.3 is 0 Å². The summed E-state index contributed by atoms with van der Waals surface area (Å²) in [7, 11) is -3.39. The van der Waals surface area contributed by atoms with Crippen LogP contribution in [0.1, 0.15) is 23.6 Å². The highest BCUT2D eigenvalue weighted by Crippen LogP contribution is 2.44. The average Bonchev–Trinajstić information content (AvgIpc) is 3.08. The van der Waals surface area contributed by atoms with Gasteiger partial charge in [0.05, 0.1) is 11.9 Å². The zero-order valence-corrected chi connectivity index (χ0v) is 16.9. The van der Waals surface area contributed by atoms with Crippen LogP contribution < -0.4 is 4.31 Å². The van der Waals surface area contributed by atoms with E-state index >= 15 is 0 Å². The molecule has 0 saturated heterocycles. The molecule has 4 nitrogen and oxygen atoms in total. The van der Waals surface area contributed by atoms with E-state index in [0.29, 0.717) is 24.2 Å². The number of hydrogen-bond acceptors (Lipinski definition) is 3. The normalized spacial score (nSPS) is 13.3. The molecule has 4 rings (SSSR count). The largest absolute Gasteiger partial charge is 0.507 e. The molecule has 0 bridgehead atoms. The number of hydrogen-bond donors (Lipinski definition) is 1. The van der Waals surface area contributed by atoms with Gasteiger partial charge in [0, 0.05) is 17.7 Å². The fourth-order valence-electron chi connectivity index (χ4n) is 4.07. The van der Waals surface area contributed by atoms with Crippen LogP contribution in [-0.2, 0) is 16.4 Å². The Labute approximate surface area is 165 Å². The van der Waals surface area contributed by atoms with E-state index in [2.05, 4.69) is 11.8 Å². The van der Waals surface area contributed by atoms with Crippen molar-refractivity contribution in [2.24, 2.45) is 0 Å². The maximum absolute atomic E-state index is 12.3. The zero-order chi connectivity index (χ0) is 20.1. The van der Waals surface area contributed by atoms with Gasteiger partial charge in [-0.1, -0.05) is 36.3 Å². The fraction of sp³-hybridized carbons (Fsp3) is 0.217. The van der Waals surface area contributed by atoms with Gasteiger partial charge in [0.1, 0.15) is 5.75 Å². The number of nitrogens with zero attached hydrogens (tertiary/aromatic N) is 1. The molecule has 0 spiro atoms. The second kappa shape index (κ2) is 6.57. The molecule has 0 atom stereocenters. The molecule has 0 aromatic heterocycles. The lowest BCUT2D eigenvalue weighted by molar-refractivity contribution is 0.478. The minimum Gasteiger partial charge on any atom is -0.507 e. The molecule has 5 heteroatoms. The monoisotopic (exact) mass is 391 g/mol. The number of phenolic OH excluding ortho intramolecular Hbond substituents is 1. The van der Waals surface area contributed by atoms with Crippen molar-refractivity contribution in [1.82, 2.24) is 0 Å². The Kier molecular flexibility index (Phi) is 4.32. The second-order valence-electron chi connectivity index (χ2n) is 7.06. The van der Waals surface area contributed by atoms with Gasteiger partial charge in [-0.2, -0.15) is 0 Å². The van der Waals surface area contributed by atoms with Crippen molar-refractivity contribution < 1.29 is 13.5 Å². The maximum atomic E-state index is 12.3. The molecule has 0 saturated carbocycles. The van der Waals surface area contributed by atoms with E-state index in [4.69, 9.17) is 0 Å². The number of phenols is 1. The first-order valence-corrected chi connectivity index (χ1v) is 11.0. The third-order valence-corrected chi connectivity index (χ3v) is 6.51. The Balaban J connectivity index is 2.12. The van der Waals surface area contributed by atoms with Crippen molar-refractivity contribution in [3.8, 4) is 28.7 Å². The highest BCUT2D eigenvalue weighted by atomic mass is 32.2. The van der Waals surface area contributed by atoms with Crippen LogP contribution >= 0.6 is 0 Å². The quantitative estimate of drug-likeness (QED) is 0.666. The molecule has 1 N–H and O–H groups in total. The molecule has 0 radical (unpaired) electrons. The standard InChI is InChI=1S/C23H21NO3S/c1-4-7-17-15(2)20(14-21-19(17)12-13-24(21)28(3,26)27)23-18-9-6-5-8-16(18)10-11-22(23)25/h5-6,8-11,14,25H,12-13H2,1-3H3. The van der Waals surface area contributed by atoms with Crippen molar-refractivity contribution in [2.75, 3.05) is 17.1 Å². The van der Waals surface area contributed by atoms with Crippen molar-refractivity contribution in [2.45, 2.75) is 20.3 Å². The van der Waals surface area contributed by atoms with Gasteiger partial charge < -0.3 is 5.11 Å². The summed E-state index contributed by atoms with van der Waals surface area (Å²) in [5.74, 6) is 6.30. The van der Waals surface area contributed by atoms with Gasteiger partial charge in [0.25, 0.3) is 0 Å².